The first kappa shape index (κ1) is 13.9. The third-order valence-corrected chi connectivity index (χ3v) is 3.34. The smallest absolute Gasteiger partial charge is 0.0480 e. The summed E-state index contributed by atoms with van der Waals surface area (Å²) >= 11 is 2.33. The quantitative estimate of drug-likeness (QED) is 0.612. The largest absolute Gasteiger partial charge is 0.382 e. The molecule has 1 aromatic rings. The second kappa shape index (κ2) is 8.03. The number of benzene rings is 1. The number of likely N-dealkylation sites (N-methyl/N-ethyl adjacent to an activating group) is 1. The van der Waals surface area contributed by atoms with Crippen molar-refractivity contribution in [3.05, 3.63) is 33.4 Å². The van der Waals surface area contributed by atoms with Gasteiger partial charge in [0.1, 0.15) is 0 Å². The predicted octanol–water partition coefficient (Wildman–Crippen LogP) is 2.85. The van der Waals surface area contributed by atoms with Crippen molar-refractivity contribution in [2.45, 2.75) is 25.8 Å². The number of hydrogen-bond acceptors (Lipinski definition) is 2. The summed E-state index contributed by atoms with van der Waals surface area (Å²) in [5.41, 5.74) is 1.39. The van der Waals surface area contributed by atoms with Crippen molar-refractivity contribution in [3.63, 3.8) is 0 Å². The molecule has 1 N–H and O–H groups in total. The highest BCUT2D eigenvalue weighted by Crippen LogP contribution is 2.10. The molecular formula is C13H20INO. The van der Waals surface area contributed by atoms with E-state index >= 15 is 0 Å². The minimum Gasteiger partial charge on any atom is -0.382 e. The number of ether oxygens (including phenoxy) is 1. The topological polar surface area (TPSA) is 21.3 Å². The van der Waals surface area contributed by atoms with Crippen LogP contribution in [0.1, 0.15) is 18.9 Å². The average molecular weight is 333 g/mol. The molecule has 16 heavy (non-hydrogen) atoms. The van der Waals surface area contributed by atoms with Crippen molar-refractivity contribution < 1.29 is 4.74 Å². The van der Waals surface area contributed by atoms with Gasteiger partial charge >= 0.3 is 0 Å². The maximum absolute atomic E-state index is 5.38. The lowest BCUT2D eigenvalue weighted by atomic mass is 10.0. The molecule has 0 aromatic heterocycles. The van der Waals surface area contributed by atoms with E-state index in [0.717, 1.165) is 26.1 Å². The van der Waals surface area contributed by atoms with Crippen LogP contribution in [-0.4, -0.2) is 26.3 Å². The fourth-order valence-electron chi connectivity index (χ4n) is 1.62. The van der Waals surface area contributed by atoms with Crippen LogP contribution in [0.2, 0.25) is 0 Å². The lowest BCUT2D eigenvalue weighted by molar-refractivity contribution is 0.137. The van der Waals surface area contributed by atoms with E-state index in [2.05, 4.69) is 52.2 Å². The fraction of sp³-hybridized carbons (Fsp3) is 0.538. The molecule has 90 valence electrons. The fourth-order valence-corrected chi connectivity index (χ4v) is 1.98. The Hall–Kier alpha value is -0.130. The van der Waals surface area contributed by atoms with Crippen LogP contribution in [0.5, 0.6) is 0 Å². The maximum Gasteiger partial charge on any atom is 0.0480 e. The zero-order valence-electron chi connectivity index (χ0n) is 10.0. The summed E-state index contributed by atoms with van der Waals surface area (Å²) in [7, 11) is 2.02. The highest BCUT2D eigenvalue weighted by atomic mass is 127. The van der Waals surface area contributed by atoms with E-state index in [1.165, 1.54) is 9.13 Å². The van der Waals surface area contributed by atoms with E-state index in [4.69, 9.17) is 4.74 Å². The van der Waals surface area contributed by atoms with E-state index in [-0.39, 0.29) is 0 Å². The van der Waals surface area contributed by atoms with Crippen molar-refractivity contribution in [2.75, 3.05) is 20.3 Å². The monoisotopic (exact) mass is 333 g/mol. The van der Waals surface area contributed by atoms with Gasteiger partial charge in [0.15, 0.2) is 0 Å². The van der Waals surface area contributed by atoms with Gasteiger partial charge in [0.2, 0.25) is 0 Å². The Kier molecular flexibility index (Phi) is 7.00. The summed E-state index contributed by atoms with van der Waals surface area (Å²) in [5, 5.41) is 3.34. The molecular weight excluding hydrogens is 313 g/mol. The molecule has 3 heteroatoms. The first-order valence-electron chi connectivity index (χ1n) is 5.75. The Labute approximate surface area is 112 Å². The van der Waals surface area contributed by atoms with E-state index in [9.17, 15) is 0 Å². The van der Waals surface area contributed by atoms with Crippen LogP contribution in [0, 0.1) is 3.57 Å². The molecule has 1 unspecified atom stereocenters. The molecule has 0 saturated carbocycles. The van der Waals surface area contributed by atoms with Gasteiger partial charge in [-0.2, -0.15) is 0 Å². The zero-order chi connectivity index (χ0) is 11.8. The number of nitrogens with one attached hydrogen (secondary N) is 1. The minimum absolute atomic E-state index is 0.506. The van der Waals surface area contributed by atoms with Crippen molar-refractivity contribution in [1.82, 2.24) is 5.32 Å². The molecule has 0 aliphatic heterocycles. The molecule has 0 heterocycles. The number of halogens is 1. The van der Waals surface area contributed by atoms with E-state index in [1.807, 2.05) is 14.0 Å². The molecule has 0 amide bonds. The molecule has 2 nitrogen and oxygen atoms in total. The van der Waals surface area contributed by atoms with Crippen molar-refractivity contribution in [1.29, 1.82) is 0 Å². The van der Waals surface area contributed by atoms with Crippen LogP contribution in [0.3, 0.4) is 0 Å². The summed E-state index contributed by atoms with van der Waals surface area (Å²) in [6.07, 6.45) is 2.14. The van der Waals surface area contributed by atoms with Crippen molar-refractivity contribution in [2.24, 2.45) is 0 Å². The Bertz CT molecular complexity index is 286. The normalized spacial score (nSPS) is 12.7. The summed E-state index contributed by atoms with van der Waals surface area (Å²) in [5.74, 6) is 0. The lowest BCUT2D eigenvalue weighted by Crippen LogP contribution is -2.29. The minimum atomic E-state index is 0.506. The van der Waals surface area contributed by atoms with Crippen LogP contribution < -0.4 is 5.32 Å². The van der Waals surface area contributed by atoms with Crippen LogP contribution >= 0.6 is 22.6 Å². The second-order valence-corrected chi connectivity index (χ2v) is 5.05. The van der Waals surface area contributed by atoms with Gasteiger partial charge in [-0.25, -0.2) is 0 Å². The standard InChI is InChI=1S/C13H20INO/c1-3-16-9-8-13(15-2)10-11-4-6-12(14)7-5-11/h4-7,13,15H,3,8-10H2,1-2H3. The van der Waals surface area contributed by atoms with Crippen molar-refractivity contribution in [3.8, 4) is 0 Å². The Morgan fingerprint density at radius 3 is 2.56 bits per heavy atom. The molecule has 0 spiro atoms. The van der Waals surface area contributed by atoms with Crippen LogP contribution in [0.25, 0.3) is 0 Å². The van der Waals surface area contributed by atoms with Gasteiger partial charge in [-0.1, -0.05) is 12.1 Å². The highest BCUT2D eigenvalue weighted by molar-refractivity contribution is 14.1. The Morgan fingerprint density at radius 1 is 1.31 bits per heavy atom. The molecule has 0 saturated heterocycles. The third-order valence-electron chi connectivity index (χ3n) is 2.62. The number of hydrogen-bond donors (Lipinski definition) is 1. The van der Waals surface area contributed by atoms with Crippen LogP contribution in [0.4, 0.5) is 0 Å². The zero-order valence-corrected chi connectivity index (χ0v) is 12.2. The number of rotatable bonds is 7. The molecule has 1 rings (SSSR count). The van der Waals surface area contributed by atoms with Crippen LogP contribution in [0.15, 0.2) is 24.3 Å². The maximum atomic E-state index is 5.38. The van der Waals surface area contributed by atoms with Gasteiger partial charge in [0.25, 0.3) is 0 Å². The summed E-state index contributed by atoms with van der Waals surface area (Å²) < 4.78 is 6.67. The van der Waals surface area contributed by atoms with Gasteiger partial charge in [-0.15, -0.1) is 0 Å². The molecule has 1 aromatic carbocycles. The Morgan fingerprint density at radius 2 is 2.00 bits per heavy atom. The van der Waals surface area contributed by atoms with Gasteiger partial charge in [0.05, 0.1) is 0 Å². The first-order valence-corrected chi connectivity index (χ1v) is 6.83. The highest BCUT2D eigenvalue weighted by Gasteiger charge is 2.06. The molecule has 1 atom stereocenters. The first-order chi connectivity index (χ1) is 7.76. The average Bonchev–Trinajstić information content (AvgIpc) is 2.31. The predicted molar refractivity (Wildman–Crippen MR) is 76.8 cm³/mol. The van der Waals surface area contributed by atoms with E-state index in [1.54, 1.807) is 0 Å². The third kappa shape index (κ3) is 5.27. The SMILES string of the molecule is CCOCCC(Cc1ccc(I)cc1)NC. The van der Waals surface area contributed by atoms with Gasteiger partial charge in [0, 0.05) is 22.8 Å². The summed E-state index contributed by atoms with van der Waals surface area (Å²) in [6, 6.07) is 9.22. The molecule has 0 radical (unpaired) electrons. The van der Waals surface area contributed by atoms with E-state index < -0.39 is 0 Å². The Balaban J connectivity index is 2.40. The van der Waals surface area contributed by atoms with Crippen LogP contribution in [-0.2, 0) is 11.2 Å². The lowest BCUT2D eigenvalue weighted by Gasteiger charge is -2.16. The summed E-state index contributed by atoms with van der Waals surface area (Å²) in [4.78, 5) is 0. The summed E-state index contributed by atoms with van der Waals surface area (Å²) in [6.45, 7) is 3.68. The van der Waals surface area contributed by atoms with Gasteiger partial charge in [-0.05, 0) is 67.1 Å². The van der Waals surface area contributed by atoms with Gasteiger partial charge in [-0.3, -0.25) is 0 Å². The van der Waals surface area contributed by atoms with Gasteiger partial charge < -0.3 is 10.1 Å². The molecule has 0 aliphatic rings. The molecule has 0 bridgehead atoms. The second-order valence-electron chi connectivity index (χ2n) is 3.80. The van der Waals surface area contributed by atoms with Crippen molar-refractivity contribution >= 4 is 22.6 Å². The molecule has 0 aliphatic carbocycles. The van der Waals surface area contributed by atoms with E-state index in [0.29, 0.717) is 6.04 Å². The molecule has 0 fully saturated rings.